The number of carbonyl (C=O) groups excluding carboxylic acids is 1. The van der Waals surface area contributed by atoms with Gasteiger partial charge in [-0.05, 0) is 25.1 Å². The molecule has 0 saturated heterocycles. The van der Waals surface area contributed by atoms with Crippen LogP contribution in [0.2, 0.25) is 5.02 Å². The van der Waals surface area contributed by atoms with E-state index in [2.05, 4.69) is 10.3 Å². The lowest BCUT2D eigenvalue weighted by atomic mass is 10.1. The van der Waals surface area contributed by atoms with Crippen molar-refractivity contribution >= 4 is 29.2 Å². The minimum atomic E-state index is -1.15. The van der Waals surface area contributed by atoms with E-state index in [1.165, 1.54) is 24.4 Å². The molecule has 7 heteroatoms. The number of carboxylic acid groups (broad SMARTS) is 1. The van der Waals surface area contributed by atoms with Crippen LogP contribution in [0.25, 0.3) is 0 Å². The van der Waals surface area contributed by atoms with Gasteiger partial charge in [-0.3, -0.25) is 4.79 Å². The number of aryl methyl sites for hydroxylation is 1. The summed E-state index contributed by atoms with van der Waals surface area (Å²) in [5.74, 6) is -1.86. The predicted molar refractivity (Wildman–Crippen MR) is 73.6 cm³/mol. The first-order valence-electron chi connectivity index (χ1n) is 5.61. The Morgan fingerprint density at radius 2 is 2.05 bits per heavy atom. The molecule has 0 unspecified atom stereocenters. The molecule has 2 rings (SSSR count). The monoisotopic (exact) mass is 294 g/mol. The number of phenolic OH excluding ortho intramolecular Hbond substituents is 1. The number of benzene rings is 1. The SMILES string of the molecule is Cc1[nH]cc(NC(=O)c2cc(O)ccc2Cl)c1C(=O)O. The molecule has 6 nitrogen and oxygen atoms in total. The number of aromatic amines is 1. The Hall–Kier alpha value is -2.47. The maximum absolute atomic E-state index is 12.1. The molecule has 0 atom stereocenters. The van der Waals surface area contributed by atoms with Crippen molar-refractivity contribution < 1.29 is 19.8 Å². The number of aromatic hydroxyl groups is 1. The summed E-state index contributed by atoms with van der Waals surface area (Å²) in [7, 11) is 0. The van der Waals surface area contributed by atoms with Gasteiger partial charge in [0, 0.05) is 11.9 Å². The van der Waals surface area contributed by atoms with Gasteiger partial charge in [0.25, 0.3) is 5.91 Å². The topological polar surface area (TPSA) is 102 Å². The Kier molecular flexibility index (Phi) is 3.67. The molecule has 0 aliphatic carbocycles. The highest BCUT2D eigenvalue weighted by Crippen LogP contribution is 2.24. The fourth-order valence-electron chi connectivity index (χ4n) is 1.78. The van der Waals surface area contributed by atoms with E-state index in [-0.39, 0.29) is 27.6 Å². The Morgan fingerprint density at radius 1 is 1.35 bits per heavy atom. The number of anilines is 1. The van der Waals surface area contributed by atoms with E-state index in [0.29, 0.717) is 5.69 Å². The van der Waals surface area contributed by atoms with Gasteiger partial charge >= 0.3 is 5.97 Å². The number of nitrogens with one attached hydrogen (secondary N) is 2. The van der Waals surface area contributed by atoms with E-state index in [0.717, 1.165) is 0 Å². The second-order valence-electron chi connectivity index (χ2n) is 4.13. The van der Waals surface area contributed by atoms with Crippen LogP contribution in [0, 0.1) is 6.92 Å². The summed E-state index contributed by atoms with van der Waals surface area (Å²) in [6, 6.07) is 3.94. The first-order chi connectivity index (χ1) is 9.40. The van der Waals surface area contributed by atoms with Crippen LogP contribution >= 0.6 is 11.6 Å². The van der Waals surface area contributed by atoms with Gasteiger partial charge in [-0.25, -0.2) is 4.79 Å². The quantitative estimate of drug-likeness (QED) is 0.698. The molecule has 0 radical (unpaired) electrons. The van der Waals surface area contributed by atoms with Gasteiger partial charge in [0.2, 0.25) is 0 Å². The number of hydrogen-bond acceptors (Lipinski definition) is 3. The molecule has 0 aliphatic heterocycles. The fourth-order valence-corrected chi connectivity index (χ4v) is 1.98. The van der Waals surface area contributed by atoms with Gasteiger partial charge in [-0.1, -0.05) is 11.6 Å². The molecule has 0 aliphatic rings. The van der Waals surface area contributed by atoms with Gasteiger partial charge in [0.05, 0.1) is 16.3 Å². The minimum Gasteiger partial charge on any atom is -0.508 e. The Morgan fingerprint density at radius 3 is 2.70 bits per heavy atom. The maximum atomic E-state index is 12.1. The highest BCUT2D eigenvalue weighted by molar-refractivity contribution is 6.34. The molecule has 0 bridgehead atoms. The van der Waals surface area contributed by atoms with Crippen LogP contribution in [0.1, 0.15) is 26.4 Å². The fraction of sp³-hybridized carbons (Fsp3) is 0.0769. The highest BCUT2D eigenvalue weighted by atomic mass is 35.5. The van der Waals surface area contributed by atoms with E-state index in [9.17, 15) is 14.7 Å². The van der Waals surface area contributed by atoms with Gasteiger partial charge < -0.3 is 20.5 Å². The predicted octanol–water partition coefficient (Wildman–Crippen LogP) is 2.63. The zero-order chi connectivity index (χ0) is 14.9. The maximum Gasteiger partial charge on any atom is 0.339 e. The van der Waals surface area contributed by atoms with E-state index in [1.807, 2.05) is 0 Å². The molecular weight excluding hydrogens is 284 g/mol. The third-order valence-electron chi connectivity index (χ3n) is 2.73. The number of aromatic carboxylic acids is 1. The zero-order valence-electron chi connectivity index (χ0n) is 10.4. The first-order valence-corrected chi connectivity index (χ1v) is 5.99. The van der Waals surface area contributed by atoms with Crippen molar-refractivity contribution in [1.29, 1.82) is 0 Å². The zero-order valence-corrected chi connectivity index (χ0v) is 11.2. The summed E-state index contributed by atoms with van der Waals surface area (Å²) in [6.45, 7) is 1.58. The number of hydrogen-bond donors (Lipinski definition) is 4. The van der Waals surface area contributed by atoms with Gasteiger partial charge in [-0.15, -0.1) is 0 Å². The van der Waals surface area contributed by atoms with Crippen molar-refractivity contribution in [2.75, 3.05) is 5.32 Å². The number of amides is 1. The standard InChI is InChI=1S/C13H11ClN2O4/c1-6-11(13(19)20)10(5-15-6)16-12(18)8-4-7(17)2-3-9(8)14/h2-5,15,17H,1H3,(H,16,18)(H,19,20). The molecule has 0 fully saturated rings. The molecule has 2 aromatic rings. The summed E-state index contributed by atoms with van der Waals surface area (Å²) < 4.78 is 0. The second kappa shape index (κ2) is 5.26. The second-order valence-corrected chi connectivity index (χ2v) is 4.53. The number of aromatic nitrogens is 1. The molecule has 0 spiro atoms. The molecule has 1 aromatic heterocycles. The number of phenols is 1. The number of H-pyrrole nitrogens is 1. The highest BCUT2D eigenvalue weighted by Gasteiger charge is 2.19. The van der Waals surface area contributed by atoms with Crippen LogP contribution in [0.4, 0.5) is 5.69 Å². The normalized spacial score (nSPS) is 10.3. The summed E-state index contributed by atoms with van der Waals surface area (Å²) in [4.78, 5) is 25.9. The smallest absolute Gasteiger partial charge is 0.339 e. The average Bonchev–Trinajstić information content (AvgIpc) is 2.73. The van der Waals surface area contributed by atoms with Crippen molar-refractivity contribution in [3.8, 4) is 5.75 Å². The molecule has 1 amide bonds. The van der Waals surface area contributed by atoms with Gasteiger partial charge in [0.15, 0.2) is 0 Å². The third-order valence-corrected chi connectivity index (χ3v) is 3.06. The summed E-state index contributed by atoms with van der Waals surface area (Å²) in [6.07, 6.45) is 1.38. The van der Waals surface area contributed by atoms with Crippen molar-refractivity contribution in [2.24, 2.45) is 0 Å². The van der Waals surface area contributed by atoms with Crippen LogP contribution in [-0.4, -0.2) is 27.1 Å². The first kappa shape index (κ1) is 14.0. The molecule has 0 saturated carbocycles. The summed E-state index contributed by atoms with van der Waals surface area (Å²) in [5, 5.41) is 21.0. The number of halogens is 1. The third kappa shape index (κ3) is 2.60. The van der Waals surface area contributed by atoms with E-state index in [1.54, 1.807) is 6.92 Å². The summed E-state index contributed by atoms with van der Waals surface area (Å²) >= 11 is 5.87. The van der Waals surface area contributed by atoms with Gasteiger partial charge in [-0.2, -0.15) is 0 Å². The molecule has 4 N–H and O–H groups in total. The van der Waals surface area contributed by atoms with Crippen molar-refractivity contribution in [1.82, 2.24) is 4.98 Å². The van der Waals surface area contributed by atoms with Crippen molar-refractivity contribution in [3.63, 3.8) is 0 Å². The van der Waals surface area contributed by atoms with Crippen LogP contribution in [0.3, 0.4) is 0 Å². The summed E-state index contributed by atoms with van der Waals surface area (Å²) in [5.41, 5.74) is 0.602. The van der Waals surface area contributed by atoms with E-state index >= 15 is 0 Å². The van der Waals surface area contributed by atoms with Crippen molar-refractivity contribution in [3.05, 3.63) is 46.2 Å². The lowest BCUT2D eigenvalue weighted by Gasteiger charge is -2.07. The van der Waals surface area contributed by atoms with E-state index in [4.69, 9.17) is 16.7 Å². The molecule has 1 heterocycles. The van der Waals surface area contributed by atoms with Crippen molar-refractivity contribution in [2.45, 2.75) is 6.92 Å². The lowest BCUT2D eigenvalue weighted by molar-refractivity contribution is 0.0697. The molecule has 104 valence electrons. The lowest BCUT2D eigenvalue weighted by Crippen LogP contribution is -2.14. The van der Waals surface area contributed by atoms with Crippen LogP contribution < -0.4 is 5.32 Å². The number of carbonyl (C=O) groups is 2. The Balaban J connectivity index is 2.33. The van der Waals surface area contributed by atoms with Crippen LogP contribution in [-0.2, 0) is 0 Å². The minimum absolute atomic E-state index is 0.0189. The van der Waals surface area contributed by atoms with Gasteiger partial charge in [0.1, 0.15) is 11.3 Å². The van der Waals surface area contributed by atoms with Crippen LogP contribution in [0.15, 0.2) is 24.4 Å². The van der Waals surface area contributed by atoms with E-state index < -0.39 is 11.9 Å². The molecule has 20 heavy (non-hydrogen) atoms. The average molecular weight is 295 g/mol. The Labute approximate surface area is 119 Å². The molecule has 1 aromatic carbocycles. The van der Waals surface area contributed by atoms with Crippen LogP contribution in [0.5, 0.6) is 5.75 Å². The number of carboxylic acids is 1. The number of rotatable bonds is 3. The largest absolute Gasteiger partial charge is 0.508 e. The molecular formula is C13H11ClN2O4. The Bertz CT molecular complexity index is 694.